The number of hydrogen-bond acceptors (Lipinski definition) is 2. The molecule has 1 aromatic carbocycles. The molecule has 0 amide bonds. The van der Waals surface area contributed by atoms with Gasteiger partial charge in [-0.05, 0) is 37.1 Å². The van der Waals surface area contributed by atoms with Gasteiger partial charge in [-0.1, -0.05) is 18.0 Å². The van der Waals surface area contributed by atoms with Gasteiger partial charge >= 0.3 is 0 Å². The lowest BCUT2D eigenvalue weighted by Crippen LogP contribution is -3.12. The first-order valence-corrected chi connectivity index (χ1v) is 8.84. The van der Waals surface area contributed by atoms with E-state index < -0.39 is 10.0 Å². The van der Waals surface area contributed by atoms with Crippen LogP contribution in [0.5, 0.6) is 0 Å². The van der Waals surface area contributed by atoms with E-state index in [0.29, 0.717) is 11.1 Å². The van der Waals surface area contributed by atoms with E-state index in [1.807, 2.05) is 0 Å². The Bertz CT molecular complexity index is 543. The van der Waals surface area contributed by atoms with Crippen molar-refractivity contribution in [3.8, 4) is 0 Å². The van der Waals surface area contributed by atoms with E-state index in [1.54, 1.807) is 24.3 Å². The molecule has 0 bridgehead atoms. The SMILES string of the molecule is C[NH+](C)[C@@H]1CCCC[C@H]1NS(=O)(=O)c1ccc(Cl)cc1. The number of halogens is 1. The standard InChI is InChI=1S/C14H21ClN2O2S/c1-17(2)14-6-4-3-5-13(14)16-20(18,19)12-9-7-11(15)8-10-12/h7-10,13-14,16H,3-6H2,1-2H3/p+1/t13-,14-/m1/s1. The minimum atomic E-state index is -3.47. The van der Waals surface area contributed by atoms with Gasteiger partial charge in [-0.3, -0.25) is 0 Å². The molecule has 2 N–H and O–H groups in total. The first-order valence-electron chi connectivity index (χ1n) is 6.98. The normalized spacial score (nSPS) is 24.0. The number of hydrogen-bond donors (Lipinski definition) is 2. The van der Waals surface area contributed by atoms with Crippen molar-refractivity contribution in [2.24, 2.45) is 0 Å². The smallest absolute Gasteiger partial charge is 0.241 e. The third kappa shape index (κ3) is 3.73. The van der Waals surface area contributed by atoms with Crippen molar-refractivity contribution in [2.75, 3.05) is 14.1 Å². The molecule has 1 aromatic rings. The molecule has 0 heterocycles. The topological polar surface area (TPSA) is 50.6 Å². The lowest BCUT2D eigenvalue weighted by atomic mass is 9.90. The molecular weight excluding hydrogens is 296 g/mol. The summed E-state index contributed by atoms with van der Waals surface area (Å²) >= 11 is 5.80. The van der Waals surface area contributed by atoms with Crippen LogP contribution in [0.1, 0.15) is 25.7 Å². The molecule has 0 aromatic heterocycles. The molecule has 112 valence electrons. The second-order valence-corrected chi connectivity index (χ2v) is 7.80. The van der Waals surface area contributed by atoms with Gasteiger partial charge in [0.25, 0.3) is 0 Å². The van der Waals surface area contributed by atoms with E-state index in [4.69, 9.17) is 11.6 Å². The van der Waals surface area contributed by atoms with Crippen LogP contribution in [0.4, 0.5) is 0 Å². The van der Waals surface area contributed by atoms with E-state index in [-0.39, 0.29) is 10.9 Å². The number of likely N-dealkylation sites (N-methyl/N-ethyl adjacent to an activating group) is 1. The van der Waals surface area contributed by atoms with Gasteiger partial charge < -0.3 is 4.90 Å². The van der Waals surface area contributed by atoms with E-state index in [2.05, 4.69) is 18.8 Å². The van der Waals surface area contributed by atoms with E-state index >= 15 is 0 Å². The van der Waals surface area contributed by atoms with Crippen molar-refractivity contribution in [3.63, 3.8) is 0 Å². The largest absolute Gasteiger partial charge is 0.336 e. The zero-order valence-electron chi connectivity index (χ0n) is 11.9. The summed E-state index contributed by atoms with van der Waals surface area (Å²) in [6.07, 6.45) is 4.23. The molecule has 0 unspecified atom stereocenters. The fourth-order valence-corrected chi connectivity index (χ4v) is 4.28. The fraction of sp³-hybridized carbons (Fsp3) is 0.571. The predicted octanol–water partition coefficient (Wildman–Crippen LogP) is 1.07. The zero-order valence-corrected chi connectivity index (χ0v) is 13.5. The fourth-order valence-electron chi connectivity index (χ4n) is 2.84. The molecule has 0 radical (unpaired) electrons. The van der Waals surface area contributed by atoms with E-state index in [9.17, 15) is 8.42 Å². The molecular formula is C14H22ClN2O2S+. The van der Waals surface area contributed by atoms with Gasteiger partial charge in [0.05, 0.1) is 25.0 Å². The minimum absolute atomic E-state index is 0.00873. The van der Waals surface area contributed by atoms with Crippen LogP contribution in [0, 0.1) is 0 Å². The third-order valence-electron chi connectivity index (χ3n) is 3.94. The average molecular weight is 318 g/mol. The lowest BCUT2D eigenvalue weighted by molar-refractivity contribution is -0.888. The van der Waals surface area contributed by atoms with Gasteiger partial charge in [-0.25, -0.2) is 13.1 Å². The Morgan fingerprint density at radius 1 is 1.15 bits per heavy atom. The Morgan fingerprint density at radius 2 is 1.75 bits per heavy atom. The van der Waals surface area contributed by atoms with Crippen LogP contribution >= 0.6 is 11.6 Å². The van der Waals surface area contributed by atoms with Crippen molar-refractivity contribution in [3.05, 3.63) is 29.3 Å². The first kappa shape index (κ1) is 15.8. The van der Waals surface area contributed by atoms with Crippen molar-refractivity contribution < 1.29 is 13.3 Å². The Labute approximate surface area is 126 Å². The lowest BCUT2D eigenvalue weighted by Gasteiger charge is -2.33. The number of nitrogens with one attached hydrogen (secondary N) is 2. The van der Waals surface area contributed by atoms with Crippen molar-refractivity contribution in [2.45, 2.75) is 42.7 Å². The summed E-state index contributed by atoms with van der Waals surface area (Å²) in [4.78, 5) is 1.58. The highest BCUT2D eigenvalue weighted by molar-refractivity contribution is 7.89. The molecule has 1 saturated carbocycles. The summed E-state index contributed by atoms with van der Waals surface area (Å²) in [7, 11) is 0.701. The highest BCUT2D eigenvalue weighted by atomic mass is 35.5. The van der Waals surface area contributed by atoms with Crippen molar-refractivity contribution >= 4 is 21.6 Å². The number of sulfonamides is 1. The van der Waals surface area contributed by atoms with Gasteiger partial charge in [-0.2, -0.15) is 0 Å². The van der Waals surface area contributed by atoms with Gasteiger partial charge in [0.15, 0.2) is 0 Å². The summed E-state index contributed by atoms with van der Waals surface area (Å²) in [5.74, 6) is 0. The molecule has 1 fully saturated rings. The summed E-state index contributed by atoms with van der Waals surface area (Å²) in [6.45, 7) is 0. The minimum Gasteiger partial charge on any atom is -0.336 e. The van der Waals surface area contributed by atoms with Crippen LogP contribution in [0.15, 0.2) is 29.2 Å². The summed E-state index contributed by atoms with van der Waals surface area (Å²) in [6, 6.07) is 6.65. The quantitative estimate of drug-likeness (QED) is 0.873. The predicted molar refractivity (Wildman–Crippen MR) is 80.6 cm³/mol. The molecule has 0 aliphatic heterocycles. The van der Waals surface area contributed by atoms with E-state index in [1.165, 1.54) is 11.3 Å². The molecule has 1 aliphatic carbocycles. The second kappa shape index (κ2) is 6.43. The van der Waals surface area contributed by atoms with Crippen molar-refractivity contribution in [1.82, 2.24) is 4.72 Å². The third-order valence-corrected chi connectivity index (χ3v) is 5.70. The Kier molecular flexibility index (Phi) is 5.07. The Morgan fingerprint density at radius 3 is 2.35 bits per heavy atom. The first-order chi connectivity index (χ1) is 9.40. The van der Waals surface area contributed by atoms with Gasteiger partial charge in [0.2, 0.25) is 10.0 Å². The molecule has 0 saturated heterocycles. The molecule has 0 spiro atoms. The summed E-state index contributed by atoms with van der Waals surface area (Å²) in [5.41, 5.74) is 0. The second-order valence-electron chi connectivity index (χ2n) is 5.65. The van der Waals surface area contributed by atoms with Gasteiger partial charge in [0, 0.05) is 11.4 Å². The average Bonchev–Trinajstić information content (AvgIpc) is 2.39. The van der Waals surface area contributed by atoms with E-state index in [0.717, 1.165) is 19.3 Å². The highest BCUT2D eigenvalue weighted by Crippen LogP contribution is 2.20. The number of benzene rings is 1. The number of quaternary nitrogens is 1. The molecule has 1 aliphatic rings. The monoisotopic (exact) mass is 317 g/mol. The Balaban J connectivity index is 2.16. The molecule has 2 rings (SSSR count). The molecule has 4 nitrogen and oxygen atoms in total. The van der Waals surface area contributed by atoms with Crippen molar-refractivity contribution in [1.29, 1.82) is 0 Å². The molecule has 6 heteroatoms. The van der Waals surface area contributed by atoms with Crippen LogP contribution in [0.25, 0.3) is 0 Å². The van der Waals surface area contributed by atoms with Crippen LogP contribution in [-0.4, -0.2) is 34.6 Å². The van der Waals surface area contributed by atoms with Crippen LogP contribution in [-0.2, 0) is 10.0 Å². The summed E-state index contributed by atoms with van der Waals surface area (Å²) < 4.78 is 27.7. The maximum atomic E-state index is 12.4. The van der Waals surface area contributed by atoms with Gasteiger partial charge in [-0.15, -0.1) is 0 Å². The van der Waals surface area contributed by atoms with Crippen LogP contribution in [0.3, 0.4) is 0 Å². The van der Waals surface area contributed by atoms with Crippen LogP contribution < -0.4 is 9.62 Å². The van der Waals surface area contributed by atoms with Crippen LogP contribution in [0.2, 0.25) is 5.02 Å². The highest BCUT2D eigenvalue weighted by Gasteiger charge is 2.33. The van der Waals surface area contributed by atoms with Gasteiger partial charge in [0.1, 0.15) is 6.04 Å². The molecule has 2 atom stereocenters. The number of rotatable bonds is 4. The summed E-state index contributed by atoms with van der Waals surface area (Å²) in [5, 5.41) is 0.539. The zero-order chi connectivity index (χ0) is 14.8. The Hall–Kier alpha value is -0.620. The maximum absolute atomic E-state index is 12.4. The molecule has 20 heavy (non-hydrogen) atoms. The maximum Gasteiger partial charge on any atom is 0.241 e.